The van der Waals surface area contributed by atoms with Crippen LogP contribution in [0.5, 0.6) is 11.5 Å². The molecule has 1 saturated heterocycles. The second kappa shape index (κ2) is 8.18. The lowest BCUT2D eigenvalue weighted by Gasteiger charge is -2.21. The number of hydrogen-bond acceptors (Lipinski definition) is 7. The van der Waals surface area contributed by atoms with Gasteiger partial charge in [-0.05, 0) is 26.8 Å². The minimum absolute atomic E-state index is 0.0107. The number of carbonyl (C=O) groups is 2. The third kappa shape index (κ3) is 4.80. The number of allylic oxidation sites excluding steroid dienone is 3. The summed E-state index contributed by atoms with van der Waals surface area (Å²) in [5.74, 6) is -2.95. The first kappa shape index (κ1) is 21.4. The van der Waals surface area contributed by atoms with Gasteiger partial charge in [-0.15, -0.1) is 0 Å². The highest BCUT2D eigenvalue weighted by molar-refractivity contribution is 6.33. The largest absolute Gasteiger partial charge is 0.507 e. The summed E-state index contributed by atoms with van der Waals surface area (Å²) in [5, 5.41) is 19.9. The highest BCUT2D eigenvalue weighted by Crippen LogP contribution is 2.38. The van der Waals surface area contributed by atoms with Crippen LogP contribution in [-0.4, -0.2) is 46.1 Å². The quantitative estimate of drug-likeness (QED) is 0.617. The van der Waals surface area contributed by atoms with Gasteiger partial charge in [-0.1, -0.05) is 29.8 Å². The van der Waals surface area contributed by atoms with E-state index in [2.05, 4.69) is 0 Å². The molecule has 156 valence electrons. The number of aromatic hydroxyl groups is 2. The number of ketones is 1. The number of benzene rings is 1. The molecule has 0 saturated carbocycles. The third-order valence-corrected chi connectivity index (χ3v) is 5.09. The first-order valence-corrected chi connectivity index (χ1v) is 9.63. The number of esters is 1. The zero-order valence-electron chi connectivity index (χ0n) is 16.3. The number of hydrogen-bond donors (Lipinski definition) is 2. The van der Waals surface area contributed by atoms with Crippen molar-refractivity contribution in [3.8, 4) is 11.5 Å². The molecule has 8 heteroatoms. The maximum Gasteiger partial charge on any atom is 0.342 e. The Hall–Kier alpha value is -2.35. The third-order valence-electron chi connectivity index (χ3n) is 4.66. The Kier molecular flexibility index (Phi) is 6.03. The Morgan fingerprint density at radius 3 is 2.59 bits per heavy atom. The van der Waals surface area contributed by atoms with Gasteiger partial charge >= 0.3 is 5.97 Å². The number of rotatable bonds is 0. The highest BCUT2D eigenvalue weighted by atomic mass is 35.5. The van der Waals surface area contributed by atoms with Gasteiger partial charge in [0, 0.05) is 24.5 Å². The SMILES string of the molecule is C[C@@H]1CC2OC(C)(C)OC2/C=C\C=C\C(=O)Cc2c(Cl)c(O)cc(O)c2C(=O)O1. The number of fused-ring (bicyclic) bond motifs is 2. The van der Waals surface area contributed by atoms with E-state index < -0.39 is 29.4 Å². The Morgan fingerprint density at radius 1 is 1.14 bits per heavy atom. The normalized spacial score (nSPS) is 29.3. The number of ether oxygens (including phenoxy) is 3. The molecule has 0 aliphatic carbocycles. The Labute approximate surface area is 173 Å². The lowest BCUT2D eigenvalue weighted by molar-refractivity contribution is -0.145. The molecule has 29 heavy (non-hydrogen) atoms. The van der Waals surface area contributed by atoms with Gasteiger partial charge in [0.05, 0.1) is 11.1 Å². The maximum absolute atomic E-state index is 12.8. The number of cyclic esters (lactones) is 1. The molecule has 1 aromatic rings. The van der Waals surface area contributed by atoms with Gasteiger partial charge < -0.3 is 24.4 Å². The lowest BCUT2D eigenvalue weighted by Crippen LogP contribution is -2.28. The van der Waals surface area contributed by atoms with Gasteiger partial charge in [0.15, 0.2) is 11.6 Å². The minimum Gasteiger partial charge on any atom is -0.507 e. The van der Waals surface area contributed by atoms with E-state index in [1.165, 1.54) is 6.08 Å². The minimum atomic E-state index is -0.842. The van der Waals surface area contributed by atoms with Crippen molar-refractivity contribution in [2.24, 2.45) is 0 Å². The molecule has 0 radical (unpaired) electrons. The van der Waals surface area contributed by atoms with Crippen molar-refractivity contribution in [1.82, 2.24) is 0 Å². The van der Waals surface area contributed by atoms with Crippen LogP contribution in [0.1, 0.15) is 43.1 Å². The van der Waals surface area contributed by atoms with Gasteiger partial charge in [0.1, 0.15) is 29.3 Å². The zero-order valence-corrected chi connectivity index (χ0v) is 17.1. The van der Waals surface area contributed by atoms with Crippen molar-refractivity contribution in [2.45, 2.75) is 57.7 Å². The van der Waals surface area contributed by atoms with Crippen molar-refractivity contribution in [1.29, 1.82) is 0 Å². The highest BCUT2D eigenvalue weighted by Gasteiger charge is 2.41. The smallest absolute Gasteiger partial charge is 0.342 e. The number of carbonyl (C=O) groups excluding carboxylic acids is 2. The van der Waals surface area contributed by atoms with Crippen molar-refractivity contribution in [3.05, 3.63) is 46.5 Å². The van der Waals surface area contributed by atoms with Crippen LogP contribution in [0.3, 0.4) is 0 Å². The van der Waals surface area contributed by atoms with Crippen molar-refractivity contribution >= 4 is 23.4 Å². The van der Waals surface area contributed by atoms with Crippen molar-refractivity contribution in [3.63, 3.8) is 0 Å². The van der Waals surface area contributed by atoms with E-state index in [1.807, 2.05) is 0 Å². The summed E-state index contributed by atoms with van der Waals surface area (Å²) in [7, 11) is 0. The van der Waals surface area contributed by atoms with E-state index in [-0.39, 0.29) is 40.6 Å². The van der Waals surface area contributed by atoms with Crippen LogP contribution in [-0.2, 0) is 25.4 Å². The molecule has 7 nitrogen and oxygen atoms in total. The second-order valence-corrected chi connectivity index (χ2v) is 7.94. The molecule has 2 heterocycles. The van der Waals surface area contributed by atoms with Gasteiger partial charge in [-0.3, -0.25) is 4.79 Å². The summed E-state index contributed by atoms with van der Waals surface area (Å²) in [6.45, 7) is 5.28. The summed E-state index contributed by atoms with van der Waals surface area (Å²) in [6, 6.07) is 0.950. The summed E-state index contributed by atoms with van der Waals surface area (Å²) in [4.78, 5) is 25.1. The van der Waals surface area contributed by atoms with Crippen LogP contribution in [0.25, 0.3) is 0 Å². The summed E-state index contributed by atoms with van der Waals surface area (Å²) >= 11 is 6.11. The molecule has 2 unspecified atom stereocenters. The molecule has 0 spiro atoms. The van der Waals surface area contributed by atoms with Crippen LogP contribution in [0.4, 0.5) is 0 Å². The fraction of sp³-hybridized carbons (Fsp3) is 0.429. The average molecular weight is 423 g/mol. The molecule has 2 aliphatic rings. The first-order valence-electron chi connectivity index (χ1n) is 9.25. The molecule has 2 aliphatic heterocycles. The molecule has 1 fully saturated rings. The number of phenolic OH excluding ortho intramolecular Hbond substituents is 2. The first-order chi connectivity index (χ1) is 13.6. The van der Waals surface area contributed by atoms with Gasteiger partial charge in [0.2, 0.25) is 0 Å². The fourth-order valence-electron chi connectivity index (χ4n) is 3.47. The molecular formula is C21H23ClO7. The average Bonchev–Trinajstić information content (AvgIpc) is 2.88. The predicted octanol–water partition coefficient (Wildman–Crippen LogP) is 3.44. The van der Waals surface area contributed by atoms with Crippen LogP contribution in [0, 0.1) is 0 Å². The molecule has 0 bridgehead atoms. The molecular weight excluding hydrogens is 400 g/mol. The summed E-state index contributed by atoms with van der Waals surface area (Å²) < 4.78 is 17.3. The summed E-state index contributed by atoms with van der Waals surface area (Å²) in [5.41, 5.74) is -0.231. The second-order valence-electron chi connectivity index (χ2n) is 7.56. The molecule has 0 aromatic heterocycles. The monoisotopic (exact) mass is 422 g/mol. The van der Waals surface area contributed by atoms with Gasteiger partial charge in [0.25, 0.3) is 0 Å². The predicted molar refractivity (Wildman–Crippen MR) is 105 cm³/mol. The molecule has 1 aromatic carbocycles. The topological polar surface area (TPSA) is 102 Å². The van der Waals surface area contributed by atoms with E-state index >= 15 is 0 Å². The van der Waals surface area contributed by atoms with E-state index in [4.69, 9.17) is 25.8 Å². The van der Waals surface area contributed by atoms with Gasteiger partial charge in [-0.25, -0.2) is 4.79 Å². The lowest BCUT2D eigenvalue weighted by atomic mass is 9.99. The zero-order chi connectivity index (χ0) is 21.3. The Balaban J connectivity index is 2.00. The standard InChI is InChI=1S/C21H23ClO7/c1-11-8-17-16(28-21(2,3)29-17)7-5-4-6-12(23)9-13-18(20(26)27-11)14(24)10-15(25)19(13)22/h4-7,10-11,16-17,24-25H,8-9H2,1-3H3/b6-4+,7-5-/t11-,16?,17?/m1/s1. The summed E-state index contributed by atoms with van der Waals surface area (Å²) in [6.07, 6.45) is 5.08. The fourth-order valence-corrected chi connectivity index (χ4v) is 3.69. The van der Waals surface area contributed by atoms with E-state index in [0.29, 0.717) is 6.42 Å². The van der Waals surface area contributed by atoms with Crippen LogP contribution in [0.15, 0.2) is 30.4 Å². The van der Waals surface area contributed by atoms with E-state index in [0.717, 1.165) is 6.07 Å². The van der Waals surface area contributed by atoms with Crippen LogP contribution < -0.4 is 0 Å². The van der Waals surface area contributed by atoms with Crippen LogP contribution >= 0.6 is 11.6 Å². The van der Waals surface area contributed by atoms with E-state index in [9.17, 15) is 19.8 Å². The maximum atomic E-state index is 12.8. The number of phenols is 2. The van der Waals surface area contributed by atoms with Crippen LogP contribution in [0.2, 0.25) is 5.02 Å². The Bertz CT molecular complexity index is 888. The molecule has 3 atom stereocenters. The number of halogens is 1. The molecule has 2 N–H and O–H groups in total. The van der Waals surface area contributed by atoms with Gasteiger partial charge in [-0.2, -0.15) is 0 Å². The molecule has 0 amide bonds. The van der Waals surface area contributed by atoms with E-state index in [1.54, 1.807) is 39.0 Å². The van der Waals surface area contributed by atoms with Crippen molar-refractivity contribution < 1.29 is 34.0 Å². The molecule has 3 rings (SSSR count). The van der Waals surface area contributed by atoms with Crippen molar-refractivity contribution in [2.75, 3.05) is 0 Å². The Morgan fingerprint density at radius 2 is 1.86 bits per heavy atom.